The lowest BCUT2D eigenvalue weighted by atomic mass is 10.1. The molecule has 3 N–H and O–H groups in total. The van der Waals surface area contributed by atoms with Crippen molar-refractivity contribution in [3.8, 4) is 5.75 Å². The number of hydrogen-bond donors (Lipinski definition) is 3. The van der Waals surface area contributed by atoms with Gasteiger partial charge in [-0.3, -0.25) is 0 Å². The molecule has 0 spiro atoms. The van der Waals surface area contributed by atoms with Crippen molar-refractivity contribution in [1.82, 2.24) is 14.8 Å². The van der Waals surface area contributed by atoms with Crippen molar-refractivity contribution in [2.24, 2.45) is 0 Å². The summed E-state index contributed by atoms with van der Waals surface area (Å²) < 4.78 is 12.8. The Morgan fingerprint density at radius 2 is 1.92 bits per heavy atom. The minimum Gasteiger partial charge on any atom is -0.488 e. The van der Waals surface area contributed by atoms with Crippen LogP contribution in [-0.2, 0) is 11.3 Å². The van der Waals surface area contributed by atoms with Crippen LogP contribution >= 0.6 is 0 Å². The zero-order valence-corrected chi connectivity index (χ0v) is 13.8. The number of rotatable bonds is 5. The summed E-state index contributed by atoms with van der Waals surface area (Å²) in [5.74, 6) is 0.608. The fourth-order valence-electron chi connectivity index (χ4n) is 3.05. The second-order valence-corrected chi connectivity index (χ2v) is 6.14. The highest BCUT2D eigenvalue weighted by molar-refractivity contribution is 5.81. The average molecular weight is 357 g/mol. The Balaban J connectivity index is 1.61. The first-order valence-electron chi connectivity index (χ1n) is 8.30. The van der Waals surface area contributed by atoms with E-state index < -0.39 is 31.1 Å². The van der Waals surface area contributed by atoms with E-state index in [2.05, 4.69) is 10.1 Å². The van der Waals surface area contributed by atoms with Gasteiger partial charge in [0, 0.05) is 6.20 Å². The van der Waals surface area contributed by atoms with Crippen LogP contribution in [0.1, 0.15) is 11.8 Å². The Bertz CT molecular complexity index is 885. The highest BCUT2D eigenvalue weighted by atomic mass is 16.6. The topological polar surface area (TPSA) is 110 Å². The molecule has 0 bridgehead atoms. The Hall–Kier alpha value is -2.52. The molecule has 1 saturated heterocycles. The summed E-state index contributed by atoms with van der Waals surface area (Å²) in [7, 11) is 0. The summed E-state index contributed by atoms with van der Waals surface area (Å²) in [6.45, 7) is 0.00573. The molecule has 8 heteroatoms. The summed E-state index contributed by atoms with van der Waals surface area (Å²) in [5.41, 5.74) is 1.50. The third-order valence-electron chi connectivity index (χ3n) is 4.45. The Morgan fingerprint density at radius 1 is 1.12 bits per heavy atom. The largest absolute Gasteiger partial charge is 0.488 e. The molecular weight excluding hydrogens is 338 g/mol. The van der Waals surface area contributed by atoms with Crippen LogP contribution in [-0.4, -0.2) is 55.0 Å². The maximum absolute atomic E-state index is 10.2. The predicted octanol–water partition coefficient (Wildman–Crippen LogP) is 0.622. The molecule has 1 fully saturated rings. The van der Waals surface area contributed by atoms with E-state index >= 15 is 0 Å². The lowest BCUT2D eigenvalue weighted by Crippen LogP contribution is -2.33. The zero-order valence-electron chi connectivity index (χ0n) is 13.8. The van der Waals surface area contributed by atoms with Crippen LogP contribution in [0.3, 0.4) is 0 Å². The fourth-order valence-corrected chi connectivity index (χ4v) is 3.05. The third kappa shape index (κ3) is 2.93. The van der Waals surface area contributed by atoms with Gasteiger partial charge in [-0.25, -0.2) is 9.67 Å². The normalized spacial score (nSPS) is 25.7. The lowest BCUT2D eigenvalue weighted by Gasteiger charge is -2.15. The molecule has 0 amide bonds. The van der Waals surface area contributed by atoms with E-state index in [1.165, 1.54) is 4.68 Å². The highest BCUT2D eigenvalue weighted by Crippen LogP contribution is 2.33. The molecule has 8 nitrogen and oxygen atoms in total. The molecule has 0 radical (unpaired) electrons. The molecule has 3 heterocycles. The van der Waals surface area contributed by atoms with Crippen LogP contribution in [0.15, 0.2) is 48.8 Å². The maximum Gasteiger partial charge on any atom is 0.181 e. The first-order valence-corrected chi connectivity index (χ1v) is 8.30. The number of aliphatic hydroxyl groups is 3. The first kappa shape index (κ1) is 16.9. The van der Waals surface area contributed by atoms with Crippen molar-refractivity contribution >= 4 is 11.0 Å². The van der Waals surface area contributed by atoms with Gasteiger partial charge in [-0.2, -0.15) is 5.10 Å². The van der Waals surface area contributed by atoms with Crippen LogP contribution < -0.4 is 4.74 Å². The highest BCUT2D eigenvalue weighted by Gasteiger charge is 2.44. The van der Waals surface area contributed by atoms with Crippen LogP contribution in [0.2, 0.25) is 0 Å². The number of nitrogens with zero attached hydrogens (tertiary/aromatic N) is 3. The zero-order chi connectivity index (χ0) is 18.1. The third-order valence-corrected chi connectivity index (χ3v) is 4.45. The van der Waals surface area contributed by atoms with Crippen LogP contribution in [0.4, 0.5) is 0 Å². The van der Waals surface area contributed by atoms with Crippen molar-refractivity contribution < 1.29 is 24.8 Å². The monoisotopic (exact) mass is 357 g/mol. The Kier molecular flexibility index (Phi) is 4.56. The minimum absolute atomic E-state index is 0.396. The SMILES string of the molecule is OC[C@H]1OC(n2ncc3c(OCc4ccccc4)ccnc32)[C@H](O)[C@@H]1O. The lowest BCUT2D eigenvalue weighted by molar-refractivity contribution is -0.0566. The van der Waals surface area contributed by atoms with E-state index in [4.69, 9.17) is 9.47 Å². The van der Waals surface area contributed by atoms with E-state index in [0.29, 0.717) is 23.4 Å². The summed E-state index contributed by atoms with van der Waals surface area (Å²) in [4.78, 5) is 4.30. The number of hydrogen-bond acceptors (Lipinski definition) is 7. The van der Waals surface area contributed by atoms with Gasteiger partial charge in [0.2, 0.25) is 0 Å². The molecule has 1 unspecified atom stereocenters. The number of aromatic nitrogens is 3. The molecule has 1 aliphatic heterocycles. The van der Waals surface area contributed by atoms with Gasteiger partial charge < -0.3 is 24.8 Å². The molecule has 3 aromatic rings. The molecule has 1 aliphatic rings. The minimum atomic E-state index is -1.22. The maximum atomic E-state index is 10.2. The molecule has 0 aliphatic carbocycles. The van der Waals surface area contributed by atoms with Crippen molar-refractivity contribution in [2.75, 3.05) is 6.61 Å². The van der Waals surface area contributed by atoms with Gasteiger partial charge in [0.15, 0.2) is 11.9 Å². The van der Waals surface area contributed by atoms with Gasteiger partial charge in [-0.1, -0.05) is 30.3 Å². The fraction of sp³-hybridized carbons (Fsp3) is 0.333. The van der Waals surface area contributed by atoms with Gasteiger partial charge in [-0.05, 0) is 11.6 Å². The van der Waals surface area contributed by atoms with E-state index in [9.17, 15) is 15.3 Å². The number of fused-ring (bicyclic) bond motifs is 1. The number of benzene rings is 1. The Labute approximate surface area is 149 Å². The molecular formula is C18H19N3O5. The van der Waals surface area contributed by atoms with E-state index in [-0.39, 0.29) is 0 Å². The quantitative estimate of drug-likeness (QED) is 0.614. The number of ether oxygens (including phenoxy) is 2. The van der Waals surface area contributed by atoms with Gasteiger partial charge in [0.1, 0.15) is 30.7 Å². The second kappa shape index (κ2) is 7.00. The summed E-state index contributed by atoms with van der Waals surface area (Å²) in [6, 6.07) is 11.5. The van der Waals surface area contributed by atoms with Gasteiger partial charge >= 0.3 is 0 Å². The summed E-state index contributed by atoms with van der Waals surface area (Å²) in [6.07, 6.45) is -1.05. The molecule has 4 rings (SSSR count). The standard InChI is InChI=1S/C18H19N3O5/c22-9-14-15(23)16(24)18(26-14)21-17-12(8-20-21)13(6-7-19-17)25-10-11-4-2-1-3-5-11/h1-8,14-16,18,22-24H,9-10H2/t14-,15-,16-,18?/m1/s1. The summed E-state index contributed by atoms with van der Waals surface area (Å²) in [5, 5.41) is 34.3. The first-order chi connectivity index (χ1) is 12.7. The molecule has 1 aromatic carbocycles. The molecule has 136 valence electrons. The van der Waals surface area contributed by atoms with E-state index in [1.54, 1.807) is 18.5 Å². The van der Waals surface area contributed by atoms with Crippen molar-refractivity contribution in [3.63, 3.8) is 0 Å². The summed E-state index contributed by atoms with van der Waals surface area (Å²) >= 11 is 0. The van der Waals surface area contributed by atoms with E-state index in [1.807, 2.05) is 30.3 Å². The molecule has 2 aromatic heterocycles. The molecule has 4 atom stereocenters. The average Bonchev–Trinajstić information content (AvgIpc) is 3.23. The molecule has 0 saturated carbocycles. The van der Waals surface area contributed by atoms with Crippen molar-refractivity contribution in [2.45, 2.75) is 31.1 Å². The van der Waals surface area contributed by atoms with Crippen LogP contribution in [0, 0.1) is 0 Å². The Morgan fingerprint density at radius 3 is 2.65 bits per heavy atom. The van der Waals surface area contributed by atoms with Crippen LogP contribution in [0.25, 0.3) is 11.0 Å². The molecule has 26 heavy (non-hydrogen) atoms. The van der Waals surface area contributed by atoms with E-state index in [0.717, 1.165) is 5.56 Å². The predicted molar refractivity (Wildman–Crippen MR) is 91.3 cm³/mol. The van der Waals surface area contributed by atoms with Gasteiger partial charge in [-0.15, -0.1) is 0 Å². The van der Waals surface area contributed by atoms with Crippen LogP contribution in [0.5, 0.6) is 5.75 Å². The van der Waals surface area contributed by atoms with Gasteiger partial charge in [0.05, 0.1) is 18.2 Å². The number of aliphatic hydroxyl groups excluding tert-OH is 3. The smallest absolute Gasteiger partial charge is 0.181 e. The van der Waals surface area contributed by atoms with Crippen molar-refractivity contribution in [3.05, 3.63) is 54.4 Å². The van der Waals surface area contributed by atoms with Gasteiger partial charge in [0.25, 0.3) is 0 Å². The second-order valence-electron chi connectivity index (χ2n) is 6.14. The number of pyridine rings is 1. The van der Waals surface area contributed by atoms with Crippen molar-refractivity contribution in [1.29, 1.82) is 0 Å².